The minimum absolute atomic E-state index is 0. The van der Waals surface area contributed by atoms with Gasteiger partial charge in [0.1, 0.15) is 23.1 Å². The Bertz CT molecular complexity index is 2860. The molecule has 2 aromatic heterocycles. The van der Waals surface area contributed by atoms with Crippen molar-refractivity contribution in [2.45, 2.75) is 46.7 Å². The van der Waals surface area contributed by atoms with Gasteiger partial charge >= 0.3 is 0 Å². The Morgan fingerprint density at radius 1 is 0.589 bits per heavy atom. The van der Waals surface area contributed by atoms with Gasteiger partial charge in [-0.15, -0.1) is 24.8 Å². The molecule has 3 N–H and O–H groups in total. The molecule has 6 heterocycles. The van der Waals surface area contributed by atoms with Crippen LogP contribution in [0.4, 0.5) is 34.4 Å². The Labute approximate surface area is 440 Å². The Morgan fingerprint density at radius 3 is 1.47 bits per heavy atom. The number of amides is 3. The predicted molar refractivity (Wildman–Crippen MR) is 292 cm³/mol. The van der Waals surface area contributed by atoms with Gasteiger partial charge in [-0.3, -0.25) is 28.6 Å². The molecule has 4 aliphatic rings. The number of aryl methyl sites for hydroxylation is 4. The summed E-state index contributed by atoms with van der Waals surface area (Å²) in [7, 11) is 3.79. The topological polar surface area (TPSA) is 158 Å². The van der Waals surface area contributed by atoms with Gasteiger partial charge in [-0.05, 0) is 98.5 Å². The van der Waals surface area contributed by atoms with E-state index in [0.29, 0.717) is 37.4 Å². The highest BCUT2D eigenvalue weighted by Gasteiger charge is 2.29. The van der Waals surface area contributed by atoms with E-state index in [0.717, 1.165) is 146 Å². The maximum Gasteiger partial charge on any atom is 0.258 e. The summed E-state index contributed by atoms with van der Waals surface area (Å²) in [6, 6.07) is 27.1. The number of carbonyl (C=O) groups is 3. The molecule has 4 aliphatic heterocycles. The number of para-hydroxylation sites is 4. The summed E-state index contributed by atoms with van der Waals surface area (Å²) in [6.07, 6.45) is 5.52. The molecule has 388 valence electrons. The number of benzene rings is 4. The van der Waals surface area contributed by atoms with Gasteiger partial charge in [-0.1, -0.05) is 24.3 Å². The Kier molecular flexibility index (Phi) is 18.4. The maximum absolute atomic E-state index is 13.7. The van der Waals surface area contributed by atoms with Crippen molar-refractivity contribution in [2.24, 2.45) is 14.1 Å². The van der Waals surface area contributed by atoms with Crippen LogP contribution in [0.3, 0.4) is 0 Å². The molecule has 0 spiro atoms. The third-order valence-corrected chi connectivity index (χ3v) is 13.7. The van der Waals surface area contributed by atoms with Crippen molar-refractivity contribution in [1.29, 1.82) is 0 Å². The lowest BCUT2D eigenvalue weighted by Crippen LogP contribution is -2.48. The number of aromatic nitrogens is 4. The summed E-state index contributed by atoms with van der Waals surface area (Å²) in [4.78, 5) is 49.2. The van der Waals surface area contributed by atoms with E-state index in [-0.39, 0.29) is 42.5 Å². The second-order valence-electron chi connectivity index (χ2n) is 18.7. The molecule has 0 radical (unpaired) electrons. The zero-order valence-corrected chi connectivity index (χ0v) is 44.1. The lowest BCUT2D eigenvalue weighted by Gasteiger charge is -2.34. The highest BCUT2D eigenvalue weighted by molar-refractivity contribution is 6.09. The molecule has 0 saturated carbocycles. The number of halogens is 2. The molecule has 4 aromatic carbocycles. The number of hydrogen-bond donors (Lipinski definition) is 3. The van der Waals surface area contributed by atoms with E-state index in [4.69, 9.17) is 9.47 Å². The molecule has 2 fully saturated rings. The molecular formula is C54H68Cl2N12O5. The first-order valence-electron chi connectivity index (χ1n) is 24.8. The van der Waals surface area contributed by atoms with Gasteiger partial charge in [0.2, 0.25) is 5.91 Å². The quantitative estimate of drug-likeness (QED) is 0.103. The van der Waals surface area contributed by atoms with E-state index in [1.165, 1.54) is 0 Å². The van der Waals surface area contributed by atoms with Crippen molar-refractivity contribution < 1.29 is 23.9 Å². The average Bonchev–Trinajstić information content (AvgIpc) is 3.78. The molecule has 0 aliphatic carbocycles. The van der Waals surface area contributed by atoms with Gasteiger partial charge in [0.25, 0.3) is 11.8 Å². The smallest absolute Gasteiger partial charge is 0.258 e. The lowest BCUT2D eigenvalue weighted by atomic mass is 10.1. The summed E-state index contributed by atoms with van der Waals surface area (Å²) < 4.78 is 15.7. The van der Waals surface area contributed by atoms with Crippen molar-refractivity contribution in [3.8, 4) is 11.5 Å². The van der Waals surface area contributed by atoms with Crippen LogP contribution in [0.15, 0.2) is 97.3 Å². The molecule has 0 atom stereocenters. The van der Waals surface area contributed by atoms with Crippen LogP contribution in [-0.4, -0.2) is 131 Å². The summed E-state index contributed by atoms with van der Waals surface area (Å²) >= 11 is 0. The second kappa shape index (κ2) is 24.9. The molecule has 2 saturated heterocycles. The number of nitrogens with one attached hydrogen (secondary N) is 3. The van der Waals surface area contributed by atoms with Gasteiger partial charge in [-0.2, -0.15) is 10.2 Å². The lowest BCUT2D eigenvalue weighted by molar-refractivity contribution is -0.130. The number of anilines is 6. The van der Waals surface area contributed by atoms with E-state index in [1.807, 2.05) is 129 Å². The fourth-order valence-electron chi connectivity index (χ4n) is 9.64. The van der Waals surface area contributed by atoms with Gasteiger partial charge in [0.05, 0.1) is 61.4 Å². The molecule has 73 heavy (non-hydrogen) atoms. The first kappa shape index (κ1) is 54.2. The molecule has 10 rings (SSSR count). The zero-order chi connectivity index (χ0) is 49.4. The van der Waals surface area contributed by atoms with E-state index in [9.17, 15) is 14.4 Å². The Balaban J connectivity index is 0.000000209. The van der Waals surface area contributed by atoms with Crippen LogP contribution < -0.4 is 35.2 Å². The highest BCUT2D eigenvalue weighted by Crippen LogP contribution is 2.38. The monoisotopic (exact) mass is 1030 g/mol. The number of carbonyl (C=O) groups excluding carboxylic acids is 3. The van der Waals surface area contributed by atoms with Crippen LogP contribution >= 0.6 is 24.8 Å². The van der Waals surface area contributed by atoms with Gasteiger partial charge < -0.3 is 45.0 Å². The highest BCUT2D eigenvalue weighted by atomic mass is 35.5. The van der Waals surface area contributed by atoms with E-state index >= 15 is 0 Å². The van der Waals surface area contributed by atoms with Gasteiger partial charge in [0.15, 0.2) is 0 Å². The van der Waals surface area contributed by atoms with E-state index in [1.54, 1.807) is 27.4 Å². The number of ether oxygens (including phenoxy) is 2. The van der Waals surface area contributed by atoms with Crippen LogP contribution in [0, 0.1) is 13.8 Å². The normalized spacial score (nSPS) is 15.2. The molecule has 3 amide bonds. The molecule has 17 nitrogen and oxygen atoms in total. The Hall–Kier alpha value is -6.63. The minimum atomic E-state index is -0.0645. The zero-order valence-electron chi connectivity index (χ0n) is 42.4. The summed E-state index contributed by atoms with van der Waals surface area (Å²) in [5, 5.41) is 19.0. The number of rotatable bonds is 12. The molecule has 19 heteroatoms. The van der Waals surface area contributed by atoms with E-state index in [2.05, 4.69) is 35.9 Å². The van der Waals surface area contributed by atoms with Crippen LogP contribution in [0.5, 0.6) is 11.5 Å². The average molecular weight is 1040 g/mol. The maximum atomic E-state index is 13.7. The van der Waals surface area contributed by atoms with Crippen molar-refractivity contribution >= 4 is 76.9 Å². The molecular weight excluding hydrogens is 968 g/mol. The van der Waals surface area contributed by atoms with Crippen LogP contribution in [-0.2, 0) is 32.0 Å². The largest absolute Gasteiger partial charge is 0.493 e. The molecule has 6 aromatic rings. The Morgan fingerprint density at radius 2 is 1.03 bits per heavy atom. The van der Waals surface area contributed by atoms with Crippen LogP contribution in [0.2, 0.25) is 0 Å². The first-order valence-corrected chi connectivity index (χ1v) is 24.8. The second-order valence-corrected chi connectivity index (χ2v) is 18.7. The van der Waals surface area contributed by atoms with Crippen molar-refractivity contribution in [3.63, 3.8) is 0 Å². The van der Waals surface area contributed by atoms with Crippen LogP contribution in [0.1, 0.15) is 62.7 Å². The van der Waals surface area contributed by atoms with Crippen molar-refractivity contribution in [3.05, 3.63) is 131 Å². The molecule has 0 unspecified atom stereocenters. The summed E-state index contributed by atoms with van der Waals surface area (Å²) in [5.41, 5.74) is 8.57. The van der Waals surface area contributed by atoms with Gasteiger partial charge in [0, 0.05) is 109 Å². The predicted octanol–water partition coefficient (Wildman–Crippen LogP) is 7.72. The first-order chi connectivity index (χ1) is 34.5. The SMILES string of the molecule is CC(=O)N1CCN(CCCOc2ccc(C(=O)N3Cc4cnn(C)c4Nc4ccccc43)cc2C)CC1.Cc1cc(C(=O)N2Cc3cnn(C)c3Nc3ccccc32)ccc1OCCCN1CCNCC1.Cl.Cl. The number of piperazine rings is 2. The summed E-state index contributed by atoms with van der Waals surface area (Å²) in [6.45, 7) is 17.5. The fourth-order valence-corrected chi connectivity index (χ4v) is 9.64. The minimum Gasteiger partial charge on any atom is -0.493 e. The molecule has 0 bridgehead atoms. The fraction of sp³-hybridized carbons (Fsp3) is 0.389. The van der Waals surface area contributed by atoms with Crippen molar-refractivity contribution in [1.82, 2.24) is 39.6 Å². The van der Waals surface area contributed by atoms with Gasteiger partial charge in [-0.25, -0.2) is 0 Å². The third kappa shape index (κ3) is 12.8. The third-order valence-electron chi connectivity index (χ3n) is 13.7. The number of fused-ring (bicyclic) bond motifs is 4. The summed E-state index contributed by atoms with van der Waals surface area (Å²) in [5.74, 6) is 3.48. The number of nitrogens with zero attached hydrogens (tertiary/aromatic N) is 9. The number of hydrogen-bond acceptors (Lipinski definition) is 12. The van der Waals surface area contributed by atoms with Crippen molar-refractivity contribution in [2.75, 3.05) is 99.1 Å². The standard InChI is InChI=1S/C28H34N6O3.C26H32N6O2.2ClH/c1-20-17-22(9-10-26(20)37-16-6-11-32-12-14-33(15-13-32)21(2)35)28(36)34-19-23-18-29-31(3)27(23)30-24-7-4-5-8-25(24)34;1-19-16-20(8-9-24(19)34-15-5-12-31-13-10-27-11-14-31)26(33)32-18-21-17-28-30(2)25(21)29-22-6-3-4-7-23(22)32;;/h4-5,7-10,17-18,30H,6,11-16,19H2,1-3H3;3-4,6-9,16-17,27,29H,5,10-15,18H2,1-2H3;2*1H. The van der Waals surface area contributed by atoms with E-state index < -0.39 is 0 Å². The van der Waals surface area contributed by atoms with Crippen LogP contribution in [0.25, 0.3) is 0 Å².